The van der Waals surface area contributed by atoms with Crippen molar-refractivity contribution in [2.45, 2.75) is 51.1 Å². The van der Waals surface area contributed by atoms with Gasteiger partial charge < -0.3 is 15.0 Å². The first kappa shape index (κ1) is 15.3. The van der Waals surface area contributed by atoms with Crippen LogP contribution in [0.4, 0.5) is 5.13 Å². The largest absolute Gasteiger partial charge is 0.383 e. The van der Waals surface area contributed by atoms with Gasteiger partial charge in [-0.1, -0.05) is 0 Å². The fourth-order valence-electron chi connectivity index (χ4n) is 2.93. The molecule has 0 saturated heterocycles. The van der Waals surface area contributed by atoms with Gasteiger partial charge in [-0.15, -0.1) is 11.3 Å². The number of hydrogen-bond acceptors (Lipinski definition) is 5. The van der Waals surface area contributed by atoms with E-state index in [1.807, 2.05) is 18.4 Å². The number of rotatable bonds is 9. The summed E-state index contributed by atoms with van der Waals surface area (Å²) in [7, 11) is 3.80. The van der Waals surface area contributed by atoms with Crippen molar-refractivity contribution >= 4 is 16.5 Å². The zero-order valence-corrected chi connectivity index (χ0v) is 14.2. The SMILES string of the molecule is CNCc1sc(N(CCOC)C(C)C2CC2)nc1C1CC1. The lowest BCUT2D eigenvalue weighted by molar-refractivity contribution is 0.202. The highest BCUT2D eigenvalue weighted by Gasteiger charge is 2.35. The molecule has 0 aliphatic heterocycles. The van der Waals surface area contributed by atoms with Crippen LogP contribution < -0.4 is 10.2 Å². The molecule has 2 aliphatic rings. The van der Waals surface area contributed by atoms with E-state index in [4.69, 9.17) is 9.72 Å². The van der Waals surface area contributed by atoms with Gasteiger partial charge in [0.2, 0.25) is 0 Å². The van der Waals surface area contributed by atoms with Gasteiger partial charge in [0.15, 0.2) is 5.13 Å². The lowest BCUT2D eigenvalue weighted by atomic mass is 10.2. The maximum atomic E-state index is 5.31. The van der Waals surface area contributed by atoms with Crippen molar-refractivity contribution in [3.63, 3.8) is 0 Å². The number of thiazole rings is 1. The Balaban J connectivity index is 1.81. The quantitative estimate of drug-likeness (QED) is 0.761. The van der Waals surface area contributed by atoms with Gasteiger partial charge in [-0.2, -0.15) is 0 Å². The van der Waals surface area contributed by atoms with Gasteiger partial charge in [0, 0.05) is 37.0 Å². The molecule has 4 nitrogen and oxygen atoms in total. The van der Waals surface area contributed by atoms with Crippen LogP contribution >= 0.6 is 11.3 Å². The van der Waals surface area contributed by atoms with E-state index in [1.54, 1.807) is 7.11 Å². The molecule has 0 amide bonds. The lowest BCUT2D eigenvalue weighted by Gasteiger charge is -2.28. The van der Waals surface area contributed by atoms with Gasteiger partial charge in [-0.25, -0.2) is 4.98 Å². The number of aromatic nitrogens is 1. The van der Waals surface area contributed by atoms with E-state index in [0.29, 0.717) is 6.04 Å². The molecule has 0 bridgehead atoms. The molecule has 21 heavy (non-hydrogen) atoms. The number of nitrogens with zero attached hydrogens (tertiary/aromatic N) is 2. The molecule has 118 valence electrons. The van der Waals surface area contributed by atoms with Crippen LogP contribution in [0.15, 0.2) is 0 Å². The van der Waals surface area contributed by atoms with E-state index in [1.165, 1.54) is 41.4 Å². The molecule has 1 aromatic rings. The van der Waals surface area contributed by atoms with E-state index in [0.717, 1.165) is 31.5 Å². The predicted molar refractivity (Wildman–Crippen MR) is 88.3 cm³/mol. The van der Waals surface area contributed by atoms with Crippen LogP contribution in [-0.4, -0.2) is 38.3 Å². The highest BCUT2D eigenvalue weighted by molar-refractivity contribution is 7.15. The maximum absolute atomic E-state index is 5.31. The maximum Gasteiger partial charge on any atom is 0.186 e. The zero-order valence-electron chi connectivity index (χ0n) is 13.4. The predicted octanol–water partition coefficient (Wildman–Crippen LogP) is 2.99. The van der Waals surface area contributed by atoms with Crippen molar-refractivity contribution < 1.29 is 4.74 Å². The van der Waals surface area contributed by atoms with Crippen LogP contribution in [0.25, 0.3) is 0 Å². The summed E-state index contributed by atoms with van der Waals surface area (Å²) in [6.07, 6.45) is 5.37. The molecule has 1 heterocycles. The third-order valence-corrected chi connectivity index (χ3v) is 5.70. The molecule has 1 N–H and O–H groups in total. The Labute approximate surface area is 131 Å². The van der Waals surface area contributed by atoms with Gasteiger partial charge in [-0.05, 0) is 45.6 Å². The first-order chi connectivity index (χ1) is 10.2. The fraction of sp³-hybridized carbons (Fsp3) is 0.812. The Kier molecular flexibility index (Phi) is 4.82. The van der Waals surface area contributed by atoms with Crippen molar-refractivity contribution in [1.82, 2.24) is 10.3 Å². The van der Waals surface area contributed by atoms with Crippen molar-refractivity contribution in [2.24, 2.45) is 5.92 Å². The molecule has 5 heteroatoms. The zero-order chi connectivity index (χ0) is 14.8. The van der Waals surface area contributed by atoms with E-state index in [-0.39, 0.29) is 0 Å². The van der Waals surface area contributed by atoms with Crippen LogP contribution in [-0.2, 0) is 11.3 Å². The minimum absolute atomic E-state index is 0.584. The first-order valence-electron chi connectivity index (χ1n) is 8.14. The van der Waals surface area contributed by atoms with Crippen molar-refractivity contribution in [2.75, 3.05) is 32.2 Å². The lowest BCUT2D eigenvalue weighted by Crippen LogP contribution is -2.37. The first-order valence-corrected chi connectivity index (χ1v) is 8.96. The van der Waals surface area contributed by atoms with Crippen LogP contribution in [0, 0.1) is 5.92 Å². The molecule has 2 fully saturated rings. The molecular formula is C16H27N3OS. The molecule has 3 rings (SSSR count). The second kappa shape index (κ2) is 6.63. The molecule has 2 saturated carbocycles. The van der Waals surface area contributed by atoms with E-state index in [2.05, 4.69) is 17.1 Å². The summed E-state index contributed by atoms with van der Waals surface area (Å²) in [5.74, 6) is 1.57. The Morgan fingerprint density at radius 1 is 1.38 bits per heavy atom. The van der Waals surface area contributed by atoms with Crippen molar-refractivity contribution in [3.8, 4) is 0 Å². The van der Waals surface area contributed by atoms with Crippen LogP contribution in [0.2, 0.25) is 0 Å². The third kappa shape index (κ3) is 3.58. The van der Waals surface area contributed by atoms with E-state index in [9.17, 15) is 0 Å². The second-order valence-corrected chi connectivity index (χ2v) is 7.44. The van der Waals surface area contributed by atoms with E-state index < -0.39 is 0 Å². The second-order valence-electron chi connectivity index (χ2n) is 6.37. The smallest absolute Gasteiger partial charge is 0.186 e. The summed E-state index contributed by atoms with van der Waals surface area (Å²) in [5.41, 5.74) is 1.36. The standard InChI is InChI=1S/C16H27N3OS/c1-11(12-4-5-12)19(8-9-20-3)16-18-15(13-6-7-13)14(21-16)10-17-2/h11-13,17H,4-10H2,1-3H3. The number of hydrogen-bond donors (Lipinski definition) is 1. The minimum atomic E-state index is 0.584. The van der Waals surface area contributed by atoms with Crippen LogP contribution in [0.5, 0.6) is 0 Å². The van der Waals surface area contributed by atoms with Crippen LogP contribution in [0.3, 0.4) is 0 Å². The molecule has 0 spiro atoms. The Morgan fingerprint density at radius 3 is 2.71 bits per heavy atom. The minimum Gasteiger partial charge on any atom is -0.383 e. The third-order valence-electron chi connectivity index (χ3n) is 4.60. The Bertz CT molecular complexity index is 468. The molecule has 1 unspecified atom stereocenters. The van der Waals surface area contributed by atoms with Gasteiger partial charge in [0.25, 0.3) is 0 Å². The molecule has 1 aromatic heterocycles. The number of nitrogens with one attached hydrogen (secondary N) is 1. The molecule has 1 atom stereocenters. The van der Waals surface area contributed by atoms with Gasteiger partial charge in [-0.3, -0.25) is 0 Å². The van der Waals surface area contributed by atoms with Gasteiger partial charge >= 0.3 is 0 Å². The molecule has 2 aliphatic carbocycles. The number of methoxy groups -OCH3 is 1. The topological polar surface area (TPSA) is 37.4 Å². The average Bonchev–Trinajstić information content (AvgIpc) is 3.38. The van der Waals surface area contributed by atoms with Crippen molar-refractivity contribution in [1.29, 1.82) is 0 Å². The highest BCUT2D eigenvalue weighted by Crippen LogP contribution is 2.45. The Hall–Kier alpha value is -0.650. The Morgan fingerprint density at radius 2 is 2.14 bits per heavy atom. The summed E-state index contributed by atoms with van der Waals surface area (Å²) in [5, 5.41) is 4.50. The van der Waals surface area contributed by atoms with E-state index >= 15 is 0 Å². The summed E-state index contributed by atoms with van der Waals surface area (Å²) >= 11 is 1.88. The van der Waals surface area contributed by atoms with Gasteiger partial charge in [0.1, 0.15) is 0 Å². The number of ether oxygens (including phenoxy) is 1. The summed E-state index contributed by atoms with van der Waals surface area (Å²) in [6, 6.07) is 0.584. The monoisotopic (exact) mass is 309 g/mol. The van der Waals surface area contributed by atoms with Crippen molar-refractivity contribution in [3.05, 3.63) is 10.6 Å². The normalized spacial score (nSPS) is 19.8. The van der Waals surface area contributed by atoms with Crippen LogP contribution in [0.1, 0.15) is 49.1 Å². The average molecular weight is 309 g/mol. The molecule has 0 aromatic carbocycles. The summed E-state index contributed by atoms with van der Waals surface area (Å²) in [4.78, 5) is 8.94. The number of anilines is 1. The molecular weight excluding hydrogens is 282 g/mol. The summed E-state index contributed by atoms with van der Waals surface area (Å²) in [6.45, 7) is 5.02. The molecule has 0 radical (unpaired) electrons. The highest BCUT2D eigenvalue weighted by atomic mass is 32.1. The fourth-order valence-corrected chi connectivity index (χ4v) is 4.21. The summed E-state index contributed by atoms with van der Waals surface area (Å²) < 4.78 is 5.31. The van der Waals surface area contributed by atoms with Gasteiger partial charge in [0.05, 0.1) is 12.3 Å².